The first-order valence-corrected chi connectivity index (χ1v) is 3.33. The highest BCUT2D eigenvalue weighted by Gasteiger charge is 1.98. The van der Waals surface area contributed by atoms with Crippen LogP contribution in [-0.2, 0) is 6.37 Å². The van der Waals surface area contributed by atoms with Gasteiger partial charge >= 0.3 is 0 Å². The van der Waals surface area contributed by atoms with E-state index in [9.17, 15) is 0 Å². The van der Waals surface area contributed by atoms with E-state index in [0.717, 1.165) is 6.20 Å². The molecule has 0 aliphatic heterocycles. The third kappa shape index (κ3) is 1.37. The lowest BCUT2D eigenvalue weighted by Crippen LogP contribution is -1.88. The van der Waals surface area contributed by atoms with Crippen LogP contribution in [0.2, 0.25) is 0 Å². The van der Waals surface area contributed by atoms with E-state index < -0.39 is 25.6 Å². The minimum absolute atomic E-state index is 0.0631. The predicted molar refractivity (Wildman–Crippen MR) is 46.1 cm³/mol. The molecule has 1 nitrogen and oxygen atoms in total. The van der Waals surface area contributed by atoms with Crippen LogP contribution in [0.5, 0.6) is 0 Å². The highest BCUT2D eigenvalue weighted by atomic mass is 79.9. The summed E-state index contributed by atoms with van der Waals surface area (Å²) < 4.78 is 58.9. The van der Waals surface area contributed by atoms with Crippen LogP contribution in [0.1, 0.15) is 28.9 Å². The molecule has 0 spiro atoms. The summed E-state index contributed by atoms with van der Waals surface area (Å²) in [5.41, 5.74) is -0.810. The number of hydrogen-bond donors (Lipinski definition) is 0. The van der Waals surface area contributed by atoms with Gasteiger partial charge in [0, 0.05) is 27.8 Å². The smallest absolute Gasteiger partial charge is 0.0413 e. The first-order chi connectivity index (χ1) is 7.89. The minimum Gasteiger partial charge on any atom is -0.263 e. The number of halogens is 1. The Bertz CT molecular complexity index is 449. The molecule has 10 heavy (non-hydrogen) atoms. The van der Waals surface area contributed by atoms with Crippen molar-refractivity contribution >= 4 is 15.9 Å². The van der Waals surface area contributed by atoms with Gasteiger partial charge in [-0.3, -0.25) is 4.98 Å². The van der Waals surface area contributed by atoms with E-state index in [0.29, 0.717) is 0 Å². The monoisotopic (exact) mass is 207 g/mol. The van der Waals surface area contributed by atoms with Crippen molar-refractivity contribution in [2.45, 2.75) is 20.1 Å². The van der Waals surface area contributed by atoms with Crippen molar-refractivity contribution in [1.82, 2.24) is 4.98 Å². The zero-order chi connectivity index (χ0) is 14.4. The summed E-state index contributed by atoms with van der Waals surface area (Å²) in [6.07, 6.45) is -0.646. The van der Waals surface area contributed by atoms with Crippen molar-refractivity contribution in [2.75, 3.05) is 0 Å². The van der Waals surface area contributed by atoms with Crippen LogP contribution >= 0.6 is 15.9 Å². The standard InChI is InChI=1S/C8H10BrN/c1-3-7-4-10-5-8(9)6(7)2/h4-5H,3H2,1-2H3/i1D3,2D3,3D2. The van der Waals surface area contributed by atoms with Gasteiger partial charge < -0.3 is 0 Å². The molecule has 1 rings (SSSR count). The van der Waals surface area contributed by atoms with E-state index in [1.165, 1.54) is 6.20 Å². The highest BCUT2D eigenvalue weighted by Crippen LogP contribution is 2.17. The van der Waals surface area contributed by atoms with Gasteiger partial charge in [0.1, 0.15) is 0 Å². The second kappa shape index (κ2) is 3.15. The summed E-state index contributed by atoms with van der Waals surface area (Å²) in [5, 5.41) is 0. The summed E-state index contributed by atoms with van der Waals surface area (Å²) >= 11 is 2.97. The molecule has 0 bridgehead atoms. The summed E-state index contributed by atoms with van der Waals surface area (Å²) in [4.78, 5) is 3.65. The highest BCUT2D eigenvalue weighted by molar-refractivity contribution is 9.10. The van der Waals surface area contributed by atoms with E-state index in [2.05, 4.69) is 20.9 Å². The molecule has 0 amide bonds. The first kappa shape index (κ1) is 2.31. The summed E-state index contributed by atoms with van der Waals surface area (Å²) in [5.74, 6) is 0. The fourth-order valence-electron chi connectivity index (χ4n) is 0.530. The fraction of sp³-hybridized carbons (Fsp3) is 0.375. The molecule has 2 heteroatoms. The van der Waals surface area contributed by atoms with Gasteiger partial charge in [-0.2, -0.15) is 0 Å². The number of pyridine rings is 1. The van der Waals surface area contributed by atoms with Crippen LogP contribution in [0.4, 0.5) is 0 Å². The Balaban J connectivity index is 3.57. The van der Waals surface area contributed by atoms with Crippen LogP contribution in [0.3, 0.4) is 0 Å². The Morgan fingerprint density at radius 3 is 3.40 bits per heavy atom. The van der Waals surface area contributed by atoms with Crippen LogP contribution in [-0.4, -0.2) is 4.98 Å². The van der Waals surface area contributed by atoms with Crippen molar-refractivity contribution in [2.24, 2.45) is 0 Å². The average Bonchev–Trinajstić information content (AvgIpc) is 2.13. The second-order valence-corrected chi connectivity index (χ2v) is 2.52. The van der Waals surface area contributed by atoms with Crippen molar-refractivity contribution in [3.05, 3.63) is 28.0 Å². The van der Waals surface area contributed by atoms with E-state index in [-0.39, 0.29) is 10.0 Å². The SMILES string of the molecule is [2H]C([2H])([2H])c1c(Br)cncc1C([2H])([2H])C([2H])([2H])[2H]. The normalized spacial score (nSPS) is 25.7. The molecule has 1 aromatic rings. The van der Waals surface area contributed by atoms with Crippen LogP contribution < -0.4 is 0 Å². The van der Waals surface area contributed by atoms with Gasteiger partial charge in [0.25, 0.3) is 0 Å². The van der Waals surface area contributed by atoms with Gasteiger partial charge in [-0.1, -0.05) is 6.85 Å². The average molecular weight is 208 g/mol. The lowest BCUT2D eigenvalue weighted by atomic mass is 10.1. The second-order valence-electron chi connectivity index (χ2n) is 1.67. The third-order valence-corrected chi connectivity index (χ3v) is 1.64. The topological polar surface area (TPSA) is 12.9 Å². The van der Waals surface area contributed by atoms with Crippen LogP contribution in [0.25, 0.3) is 0 Å². The molecule has 54 valence electrons. The van der Waals surface area contributed by atoms with Crippen molar-refractivity contribution < 1.29 is 11.0 Å². The van der Waals surface area contributed by atoms with Gasteiger partial charge in [-0.15, -0.1) is 0 Å². The van der Waals surface area contributed by atoms with Gasteiger partial charge in [0.2, 0.25) is 0 Å². The zero-order valence-corrected chi connectivity index (χ0v) is 6.57. The van der Waals surface area contributed by atoms with Gasteiger partial charge in [-0.25, -0.2) is 0 Å². The molecule has 0 N–H and O–H groups in total. The van der Waals surface area contributed by atoms with E-state index in [1.807, 2.05) is 0 Å². The Hall–Kier alpha value is -0.370. The maximum Gasteiger partial charge on any atom is 0.0413 e. The van der Waals surface area contributed by atoms with Crippen LogP contribution in [0.15, 0.2) is 16.9 Å². The zero-order valence-electron chi connectivity index (χ0n) is 13.0. The molecule has 0 aliphatic rings. The number of hydrogen-bond acceptors (Lipinski definition) is 1. The van der Waals surface area contributed by atoms with E-state index in [1.54, 1.807) is 0 Å². The lowest BCUT2D eigenvalue weighted by Gasteiger charge is -2.01. The maximum absolute atomic E-state index is 7.63. The molecular formula is C8H10BrN. The van der Waals surface area contributed by atoms with Crippen molar-refractivity contribution in [3.63, 3.8) is 0 Å². The quantitative estimate of drug-likeness (QED) is 0.691. The molecule has 0 saturated heterocycles. The lowest BCUT2D eigenvalue weighted by molar-refractivity contribution is 1.06. The first-order valence-electron chi connectivity index (χ1n) is 6.53. The van der Waals surface area contributed by atoms with E-state index in [4.69, 9.17) is 11.0 Å². The predicted octanol–water partition coefficient (Wildman–Crippen LogP) is 2.71. The molecule has 0 saturated carbocycles. The Morgan fingerprint density at radius 2 is 2.70 bits per heavy atom. The molecular weight excluding hydrogens is 190 g/mol. The number of rotatable bonds is 1. The molecule has 0 aliphatic carbocycles. The number of nitrogens with zero attached hydrogens (tertiary/aromatic N) is 1. The Labute approximate surface area is 80.9 Å². The number of aryl methyl sites for hydroxylation is 1. The van der Waals surface area contributed by atoms with Crippen LogP contribution in [0, 0.1) is 6.85 Å². The molecule has 0 radical (unpaired) electrons. The Morgan fingerprint density at radius 1 is 1.80 bits per heavy atom. The van der Waals surface area contributed by atoms with Gasteiger partial charge in [-0.05, 0) is 40.3 Å². The molecule has 0 unspecified atom stereocenters. The molecule has 0 atom stereocenters. The Kier molecular flexibility index (Phi) is 0.727. The van der Waals surface area contributed by atoms with E-state index >= 15 is 0 Å². The summed E-state index contributed by atoms with van der Waals surface area (Å²) in [6, 6.07) is 0. The third-order valence-electron chi connectivity index (χ3n) is 1.03. The molecule has 1 heterocycles. The summed E-state index contributed by atoms with van der Waals surface area (Å²) in [7, 11) is 0. The van der Waals surface area contributed by atoms with Crippen molar-refractivity contribution in [1.29, 1.82) is 0 Å². The summed E-state index contributed by atoms with van der Waals surface area (Å²) in [6.45, 7) is -5.61. The van der Waals surface area contributed by atoms with Gasteiger partial charge in [0.05, 0.1) is 0 Å². The number of aromatic nitrogens is 1. The molecule has 0 fully saturated rings. The minimum atomic E-state index is -2.98. The largest absolute Gasteiger partial charge is 0.263 e. The molecule has 1 aromatic heterocycles. The maximum atomic E-state index is 7.63. The van der Waals surface area contributed by atoms with Gasteiger partial charge in [0.15, 0.2) is 0 Å². The van der Waals surface area contributed by atoms with Crippen molar-refractivity contribution in [3.8, 4) is 0 Å². The molecule has 0 aromatic carbocycles. The fourth-order valence-corrected chi connectivity index (χ4v) is 0.862.